The third-order valence-corrected chi connectivity index (χ3v) is 4.40. The van der Waals surface area contributed by atoms with Crippen molar-refractivity contribution in [1.29, 1.82) is 0 Å². The first-order chi connectivity index (χ1) is 11.2. The number of methoxy groups -OCH3 is 2. The van der Waals surface area contributed by atoms with Gasteiger partial charge in [-0.05, 0) is 26.8 Å². The molecule has 24 heavy (non-hydrogen) atoms. The number of ether oxygens (including phenoxy) is 3. The van der Waals surface area contributed by atoms with Gasteiger partial charge in [0.05, 0.1) is 11.3 Å². The Labute approximate surface area is 141 Å². The molecule has 2 bridgehead atoms. The van der Waals surface area contributed by atoms with Crippen LogP contribution in [0.5, 0.6) is 0 Å². The van der Waals surface area contributed by atoms with Gasteiger partial charge in [0.1, 0.15) is 11.4 Å². The number of hydrogen-bond donors (Lipinski definition) is 1. The van der Waals surface area contributed by atoms with Gasteiger partial charge in [-0.25, -0.2) is 9.78 Å². The van der Waals surface area contributed by atoms with Crippen molar-refractivity contribution in [2.45, 2.75) is 57.1 Å². The van der Waals surface area contributed by atoms with E-state index in [1.807, 2.05) is 20.8 Å². The fraction of sp³-hybridized carbons (Fsp3) is 0.647. The van der Waals surface area contributed by atoms with Gasteiger partial charge in [-0.2, -0.15) is 0 Å². The monoisotopic (exact) mass is 336 g/mol. The number of amides is 1. The molecule has 132 valence electrons. The van der Waals surface area contributed by atoms with Crippen molar-refractivity contribution >= 4 is 11.9 Å². The maximum absolute atomic E-state index is 12.7. The Morgan fingerprint density at radius 1 is 1.33 bits per heavy atom. The summed E-state index contributed by atoms with van der Waals surface area (Å²) in [7, 11) is 3.04. The van der Waals surface area contributed by atoms with Gasteiger partial charge in [0.15, 0.2) is 0 Å². The highest BCUT2D eigenvalue weighted by molar-refractivity contribution is 5.90. The number of anilines is 1. The Balaban J connectivity index is 2.01. The molecule has 0 unspecified atom stereocenters. The topological polar surface area (TPSA) is 81.1 Å². The number of aliphatic hydroxyl groups is 1. The largest absolute Gasteiger partial charge is 0.443 e. The predicted octanol–water partition coefficient (Wildman–Crippen LogP) is 2.48. The third kappa shape index (κ3) is 2.76. The van der Waals surface area contributed by atoms with Crippen LogP contribution in [0.3, 0.4) is 0 Å². The number of nitrogens with zero attached hydrogens (tertiary/aromatic N) is 2. The Morgan fingerprint density at radius 2 is 1.96 bits per heavy atom. The average Bonchev–Trinajstić information content (AvgIpc) is 2.45. The van der Waals surface area contributed by atoms with Gasteiger partial charge in [-0.3, -0.25) is 4.90 Å². The highest BCUT2D eigenvalue weighted by atomic mass is 16.7. The van der Waals surface area contributed by atoms with Crippen LogP contribution in [0, 0.1) is 0 Å². The molecule has 3 aliphatic rings. The Kier molecular flexibility index (Phi) is 4.06. The van der Waals surface area contributed by atoms with Crippen LogP contribution in [-0.4, -0.2) is 42.0 Å². The molecular formula is C17H24N2O5. The van der Waals surface area contributed by atoms with E-state index in [4.69, 9.17) is 14.2 Å². The van der Waals surface area contributed by atoms with E-state index in [-0.39, 0.29) is 6.04 Å². The Bertz CT molecular complexity index is 645. The zero-order valence-electron chi connectivity index (χ0n) is 14.7. The van der Waals surface area contributed by atoms with Crippen LogP contribution in [0.4, 0.5) is 10.6 Å². The van der Waals surface area contributed by atoms with E-state index in [0.29, 0.717) is 29.9 Å². The van der Waals surface area contributed by atoms with Crippen LogP contribution in [0.15, 0.2) is 12.1 Å². The van der Waals surface area contributed by atoms with Crippen LogP contribution in [0.1, 0.15) is 51.2 Å². The number of rotatable bonds is 3. The molecule has 1 aromatic heterocycles. The summed E-state index contributed by atoms with van der Waals surface area (Å²) in [4.78, 5) is 18.7. The van der Waals surface area contributed by atoms with Crippen molar-refractivity contribution in [1.82, 2.24) is 4.98 Å². The minimum atomic E-state index is -0.917. The lowest BCUT2D eigenvalue weighted by molar-refractivity contribution is -0.109. The van der Waals surface area contributed by atoms with E-state index in [9.17, 15) is 9.90 Å². The summed E-state index contributed by atoms with van der Waals surface area (Å²) < 4.78 is 16.0. The number of carbonyl (C=O) groups is 1. The molecule has 7 heteroatoms. The fourth-order valence-electron chi connectivity index (χ4n) is 3.32. The fourth-order valence-corrected chi connectivity index (χ4v) is 3.32. The van der Waals surface area contributed by atoms with Gasteiger partial charge in [-0.15, -0.1) is 0 Å². The van der Waals surface area contributed by atoms with Crippen LogP contribution in [0.25, 0.3) is 0 Å². The highest BCUT2D eigenvalue weighted by Gasteiger charge is 2.56. The molecule has 1 amide bonds. The van der Waals surface area contributed by atoms with Crippen molar-refractivity contribution in [2.75, 3.05) is 19.1 Å². The molecule has 2 aliphatic heterocycles. The first-order valence-corrected chi connectivity index (χ1v) is 8.00. The van der Waals surface area contributed by atoms with Gasteiger partial charge in [0, 0.05) is 38.7 Å². The van der Waals surface area contributed by atoms with E-state index in [2.05, 4.69) is 4.98 Å². The number of pyridine rings is 1. The van der Waals surface area contributed by atoms with Gasteiger partial charge >= 0.3 is 6.09 Å². The van der Waals surface area contributed by atoms with E-state index >= 15 is 0 Å². The number of aromatic nitrogens is 1. The van der Waals surface area contributed by atoms with Gasteiger partial charge in [0.2, 0.25) is 6.29 Å². The minimum Gasteiger partial charge on any atom is -0.443 e. The standard InChI is InChI=1S/C17H24N2O5/c1-16(2,3)24-15(20)19-10-8-17(21,9-10)11-6-7-12(18-13(11)19)14(22-4)23-5/h6-7,10,14,21H,8-9H2,1-5H3. The lowest BCUT2D eigenvalue weighted by atomic mass is 9.67. The van der Waals surface area contributed by atoms with Crippen molar-refractivity contribution in [3.05, 3.63) is 23.4 Å². The first-order valence-electron chi connectivity index (χ1n) is 8.00. The molecule has 1 aliphatic carbocycles. The maximum atomic E-state index is 12.7. The smallest absolute Gasteiger partial charge is 0.416 e. The molecule has 0 aromatic carbocycles. The minimum absolute atomic E-state index is 0.108. The molecule has 0 spiro atoms. The maximum Gasteiger partial charge on any atom is 0.416 e. The average molecular weight is 336 g/mol. The number of carbonyl (C=O) groups excluding carboxylic acids is 1. The van der Waals surface area contributed by atoms with Crippen molar-refractivity contribution in [2.24, 2.45) is 0 Å². The summed E-state index contributed by atoms with van der Waals surface area (Å²) in [6.07, 6.45) is -0.0912. The molecule has 1 saturated carbocycles. The van der Waals surface area contributed by atoms with E-state index in [0.717, 1.165) is 0 Å². The van der Waals surface area contributed by atoms with Gasteiger partial charge in [0.25, 0.3) is 0 Å². The summed E-state index contributed by atoms with van der Waals surface area (Å²) in [5.74, 6) is 0.422. The zero-order chi connectivity index (χ0) is 17.7. The zero-order valence-corrected chi connectivity index (χ0v) is 14.7. The molecule has 1 N–H and O–H groups in total. The van der Waals surface area contributed by atoms with E-state index < -0.39 is 23.6 Å². The van der Waals surface area contributed by atoms with Gasteiger partial charge in [-0.1, -0.05) is 6.07 Å². The normalized spacial score (nSPS) is 25.3. The van der Waals surface area contributed by atoms with Crippen LogP contribution >= 0.6 is 0 Å². The summed E-state index contributed by atoms with van der Waals surface area (Å²) in [6.45, 7) is 5.47. The molecule has 1 aromatic rings. The van der Waals surface area contributed by atoms with Crippen LogP contribution in [-0.2, 0) is 19.8 Å². The summed E-state index contributed by atoms with van der Waals surface area (Å²) in [5.41, 5.74) is -0.337. The summed E-state index contributed by atoms with van der Waals surface area (Å²) in [5, 5.41) is 10.7. The van der Waals surface area contributed by atoms with Crippen molar-refractivity contribution in [3.63, 3.8) is 0 Å². The molecule has 0 atom stereocenters. The van der Waals surface area contributed by atoms with Crippen molar-refractivity contribution in [3.8, 4) is 0 Å². The quantitative estimate of drug-likeness (QED) is 0.854. The molecule has 3 heterocycles. The predicted molar refractivity (Wildman–Crippen MR) is 86.6 cm³/mol. The molecule has 0 radical (unpaired) electrons. The lowest BCUT2D eigenvalue weighted by Gasteiger charge is -2.54. The second kappa shape index (κ2) is 5.68. The van der Waals surface area contributed by atoms with Crippen molar-refractivity contribution < 1.29 is 24.1 Å². The Morgan fingerprint density at radius 3 is 2.50 bits per heavy atom. The SMILES string of the molecule is COC(OC)c1ccc2c(n1)N(C(=O)OC(C)(C)C)C1CC2(O)C1. The van der Waals surface area contributed by atoms with E-state index in [1.165, 1.54) is 14.2 Å². The second-order valence-corrected chi connectivity index (χ2v) is 7.35. The van der Waals surface area contributed by atoms with Crippen LogP contribution < -0.4 is 4.90 Å². The lowest BCUT2D eigenvalue weighted by Crippen LogP contribution is -2.61. The van der Waals surface area contributed by atoms with Gasteiger partial charge < -0.3 is 19.3 Å². The molecule has 4 rings (SSSR count). The number of hydrogen-bond acceptors (Lipinski definition) is 6. The van der Waals surface area contributed by atoms with E-state index in [1.54, 1.807) is 17.0 Å². The molecule has 1 fully saturated rings. The highest BCUT2D eigenvalue weighted by Crippen LogP contribution is 2.53. The first kappa shape index (κ1) is 17.1. The van der Waals surface area contributed by atoms with Crippen LogP contribution in [0.2, 0.25) is 0 Å². The molecule has 7 nitrogen and oxygen atoms in total. The summed E-state index contributed by atoms with van der Waals surface area (Å²) >= 11 is 0. The molecule has 0 saturated heterocycles. The third-order valence-electron chi connectivity index (χ3n) is 4.40. The Hall–Kier alpha value is -1.70. The summed E-state index contributed by atoms with van der Waals surface area (Å²) in [6, 6.07) is 3.43. The second-order valence-electron chi connectivity index (χ2n) is 7.35. The molecular weight excluding hydrogens is 312 g/mol.